The lowest BCUT2D eigenvalue weighted by Gasteiger charge is -2.30. The molecule has 4 heteroatoms. The van der Waals surface area contributed by atoms with Crippen molar-refractivity contribution in [2.45, 2.75) is 65.0 Å². The van der Waals surface area contributed by atoms with Gasteiger partial charge < -0.3 is 5.32 Å². The van der Waals surface area contributed by atoms with Crippen molar-refractivity contribution >= 4 is 5.91 Å². The molecule has 0 radical (unpaired) electrons. The largest absolute Gasteiger partial charge is 0.352 e. The Morgan fingerprint density at radius 2 is 2.00 bits per heavy atom. The number of hydrogen-bond donors (Lipinski definition) is 1. The monoisotopic (exact) mass is 265 g/mol. The molecule has 0 aliphatic heterocycles. The lowest BCUT2D eigenvalue weighted by Crippen LogP contribution is -2.49. The van der Waals surface area contributed by atoms with E-state index >= 15 is 0 Å². The highest BCUT2D eigenvalue weighted by molar-refractivity contribution is 5.81. The van der Waals surface area contributed by atoms with E-state index in [1.165, 1.54) is 19.3 Å². The number of nitrogens with one attached hydrogen (secondary N) is 1. The van der Waals surface area contributed by atoms with Crippen molar-refractivity contribution in [3.8, 4) is 6.07 Å². The van der Waals surface area contributed by atoms with Crippen LogP contribution in [0.4, 0.5) is 0 Å². The van der Waals surface area contributed by atoms with E-state index in [1.54, 1.807) is 0 Å². The maximum Gasteiger partial charge on any atom is 0.237 e. The Hall–Kier alpha value is -1.08. The molecule has 0 aromatic rings. The first-order valence-corrected chi connectivity index (χ1v) is 7.52. The zero-order valence-corrected chi connectivity index (χ0v) is 12.5. The molecule has 1 fully saturated rings. The Labute approximate surface area is 117 Å². The number of rotatable bonds is 6. The molecule has 4 nitrogen and oxygen atoms in total. The lowest BCUT2D eigenvalue weighted by atomic mass is 9.95. The molecular weight excluding hydrogens is 238 g/mol. The zero-order valence-electron chi connectivity index (χ0n) is 12.5. The Bertz CT molecular complexity index is 318. The van der Waals surface area contributed by atoms with E-state index < -0.39 is 0 Å². The van der Waals surface area contributed by atoms with Crippen LogP contribution in [0.1, 0.15) is 52.9 Å². The van der Waals surface area contributed by atoms with Crippen LogP contribution < -0.4 is 5.32 Å². The van der Waals surface area contributed by atoms with Crippen LogP contribution in [0.5, 0.6) is 0 Å². The summed E-state index contributed by atoms with van der Waals surface area (Å²) in [5, 5.41) is 12.0. The van der Waals surface area contributed by atoms with E-state index in [0.29, 0.717) is 12.6 Å². The second-order valence-electron chi connectivity index (χ2n) is 5.64. The molecular formula is C15H27N3O. The third kappa shape index (κ3) is 5.20. The smallest absolute Gasteiger partial charge is 0.237 e. The molecule has 1 N–H and O–H groups in total. The second kappa shape index (κ2) is 8.16. The van der Waals surface area contributed by atoms with Crippen LogP contribution in [0.15, 0.2) is 0 Å². The third-order valence-electron chi connectivity index (χ3n) is 4.01. The van der Waals surface area contributed by atoms with Gasteiger partial charge in [-0.2, -0.15) is 5.26 Å². The van der Waals surface area contributed by atoms with Crippen molar-refractivity contribution in [2.75, 3.05) is 13.1 Å². The summed E-state index contributed by atoms with van der Waals surface area (Å²) < 4.78 is 0. The molecule has 2 unspecified atom stereocenters. The average molecular weight is 265 g/mol. The van der Waals surface area contributed by atoms with Crippen LogP contribution in [-0.2, 0) is 4.79 Å². The van der Waals surface area contributed by atoms with Crippen molar-refractivity contribution in [1.29, 1.82) is 5.26 Å². The van der Waals surface area contributed by atoms with Crippen molar-refractivity contribution in [1.82, 2.24) is 10.2 Å². The lowest BCUT2D eigenvalue weighted by molar-refractivity contribution is -0.126. The number of carbonyl (C=O) groups excluding carboxylic acids is 1. The van der Waals surface area contributed by atoms with Gasteiger partial charge in [0.2, 0.25) is 5.91 Å². The summed E-state index contributed by atoms with van der Waals surface area (Å²) in [6.07, 6.45) is 5.96. The first kappa shape index (κ1) is 16.0. The van der Waals surface area contributed by atoms with Crippen molar-refractivity contribution in [3.63, 3.8) is 0 Å². The maximum atomic E-state index is 12.2. The highest BCUT2D eigenvalue weighted by atomic mass is 16.2. The molecule has 1 saturated carbocycles. The van der Waals surface area contributed by atoms with Crippen molar-refractivity contribution < 1.29 is 4.79 Å². The summed E-state index contributed by atoms with van der Waals surface area (Å²) in [5.74, 6) is 0.0729. The van der Waals surface area contributed by atoms with Gasteiger partial charge in [0.1, 0.15) is 0 Å². The molecule has 0 aromatic carbocycles. The predicted molar refractivity (Wildman–Crippen MR) is 76.5 cm³/mol. The molecule has 0 saturated heterocycles. The number of nitriles is 1. The van der Waals surface area contributed by atoms with Gasteiger partial charge >= 0.3 is 0 Å². The highest BCUT2D eigenvalue weighted by Gasteiger charge is 2.24. The minimum Gasteiger partial charge on any atom is -0.352 e. The second-order valence-corrected chi connectivity index (χ2v) is 5.64. The highest BCUT2D eigenvalue weighted by Crippen LogP contribution is 2.17. The third-order valence-corrected chi connectivity index (χ3v) is 4.01. The topological polar surface area (TPSA) is 56.1 Å². The van der Waals surface area contributed by atoms with E-state index in [-0.39, 0.29) is 17.9 Å². The van der Waals surface area contributed by atoms with E-state index in [2.05, 4.69) is 16.3 Å². The van der Waals surface area contributed by atoms with Crippen LogP contribution in [0.3, 0.4) is 0 Å². The normalized spacial score (nSPS) is 19.7. The van der Waals surface area contributed by atoms with Gasteiger partial charge in [-0.15, -0.1) is 0 Å². The summed E-state index contributed by atoms with van der Waals surface area (Å²) in [5.41, 5.74) is 0. The van der Waals surface area contributed by atoms with E-state index in [4.69, 9.17) is 5.26 Å². The summed E-state index contributed by atoms with van der Waals surface area (Å²) in [6.45, 7) is 7.33. The number of carbonyl (C=O) groups is 1. The molecule has 1 amide bonds. The van der Waals surface area contributed by atoms with Crippen LogP contribution in [0, 0.1) is 17.2 Å². The van der Waals surface area contributed by atoms with Gasteiger partial charge in [-0.25, -0.2) is 0 Å². The fraction of sp³-hybridized carbons (Fsp3) is 0.867. The molecule has 2 atom stereocenters. The van der Waals surface area contributed by atoms with E-state index in [9.17, 15) is 4.79 Å². The Morgan fingerprint density at radius 3 is 2.53 bits per heavy atom. The molecule has 1 rings (SSSR count). The van der Waals surface area contributed by atoms with Gasteiger partial charge in [-0.1, -0.05) is 26.2 Å². The molecule has 0 heterocycles. The molecule has 1 aliphatic carbocycles. The van der Waals surface area contributed by atoms with Gasteiger partial charge in [0.15, 0.2) is 0 Å². The number of amides is 1. The summed E-state index contributed by atoms with van der Waals surface area (Å²) in [4.78, 5) is 14.3. The standard InChI is InChI=1S/C15H27N3O/c1-4-18(11-12(2)10-16)13(3)15(19)17-14-8-6-5-7-9-14/h12-14H,4-9,11H2,1-3H3,(H,17,19). The number of hydrogen-bond acceptors (Lipinski definition) is 3. The number of likely N-dealkylation sites (N-methyl/N-ethyl adjacent to an activating group) is 1. The fourth-order valence-electron chi connectivity index (χ4n) is 2.69. The van der Waals surface area contributed by atoms with Crippen molar-refractivity contribution in [2.24, 2.45) is 5.92 Å². The molecule has 0 aromatic heterocycles. The van der Waals surface area contributed by atoms with Crippen LogP contribution in [0.25, 0.3) is 0 Å². The maximum absolute atomic E-state index is 12.2. The van der Waals surface area contributed by atoms with Crippen LogP contribution >= 0.6 is 0 Å². The zero-order chi connectivity index (χ0) is 14.3. The van der Waals surface area contributed by atoms with Gasteiger partial charge in [0, 0.05) is 12.6 Å². The molecule has 0 bridgehead atoms. The summed E-state index contributed by atoms with van der Waals surface area (Å²) in [6, 6.07) is 2.44. The Morgan fingerprint density at radius 1 is 1.37 bits per heavy atom. The van der Waals surface area contributed by atoms with Gasteiger partial charge in [-0.05, 0) is 33.2 Å². The molecule has 19 heavy (non-hydrogen) atoms. The van der Waals surface area contributed by atoms with Gasteiger partial charge in [0.05, 0.1) is 18.0 Å². The molecule has 108 valence electrons. The van der Waals surface area contributed by atoms with Crippen LogP contribution in [-0.4, -0.2) is 36.0 Å². The quantitative estimate of drug-likeness (QED) is 0.801. The fourth-order valence-corrected chi connectivity index (χ4v) is 2.69. The predicted octanol–water partition coefficient (Wildman–Crippen LogP) is 2.31. The summed E-state index contributed by atoms with van der Waals surface area (Å²) >= 11 is 0. The molecule has 1 aliphatic rings. The minimum absolute atomic E-state index is 0.0371. The minimum atomic E-state index is -0.150. The van der Waals surface area contributed by atoms with Gasteiger partial charge in [-0.3, -0.25) is 9.69 Å². The van der Waals surface area contributed by atoms with E-state index in [0.717, 1.165) is 19.4 Å². The van der Waals surface area contributed by atoms with Crippen LogP contribution in [0.2, 0.25) is 0 Å². The molecule has 0 spiro atoms. The van der Waals surface area contributed by atoms with Gasteiger partial charge in [0.25, 0.3) is 0 Å². The first-order chi connectivity index (χ1) is 9.08. The first-order valence-electron chi connectivity index (χ1n) is 7.52. The van der Waals surface area contributed by atoms with E-state index in [1.807, 2.05) is 20.8 Å². The summed E-state index contributed by atoms with van der Waals surface area (Å²) in [7, 11) is 0. The SMILES string of the molecule is CCN(CC(C)C#N)C(C)C(=O)NC1CCCCC1. The average Bonchev–Trinajstić information content (AvgIpc) is 2.44. The number of nitrogens with zero attached hydrogens (tertiary/aromatic N) is 2. The Balaban J connectivity index is 2.46. The Kier molecular flexibility index (Phi) is 6.86. The van der Waals surface area contributed by atoms with Crippen molar-refractivity contribution in [3.05, 3.63) is 0 Å².